The normalized spacial score (nSPS) is 19.1. The molecule has 8 nitrogen and oxygen atoms in total. The van der Waals surface area contributed by atoms with E-state index in [4.69, 9.17) is 4.42 Å². The van der Waals surface area contributed by atoms with Gasteiger partial charge >= 0.3 is 0 Å². The molecule has 2 aliphatic heterocycles. The van der Waals surface area contributed by atoms with E-state index in [2.05, 4.69) is 15.2 Å². The summed E-state index contributed by atoms with van der Waals surface area (Å²) in [6.45, 7) is 1.86. The molecule has 0 aliphatic carbocycles. The fraction of sp³-hybridized carbons (Fsp3) is 0.364. The summed E-state index contributed by atoms with van der Waals surface area (Å²) in [5.41, 5.74) is 2.81. The molecule has 162 valence electrons. The largest absolute Gasteiger partial charge is 0.423 e. The van der Waals surface area contributed by atoms with Crippen LogP contribution in [-0.4, -0.2) is 44.7 Å². The van der Waals surface area contributed by atoms with E-state index in [-0.39, 0.29) is 17.6 Å². The number of aromatic nitrogens is 1. The van der Waals surface area contributed by atoms with Crippen molar-refractivity contribution in [3.63, 3.8) is 0 Å². The van der Waals surface area contributed by atoms with Crippen molar-refractivity contribution in [3.8, 4) is 0 Å². The molecule has 2 saturated heterocycles. The molecule has 1 amide bonds. The topological polar surface area (TPSA) is 95.8 Å². The number of para-hydroxylation sites is 2. The van der Waals surface area contributed by atoms with E-state index in [1.54, 1.807) is 24.3 Å². The van der Waals surface area contributed by atoms with Gasteiger partial charge in [0.15, 0.2) is 5.58 Å². The molecule has 0 saturated carbocycles. The molecule has 9 heteroatoms. The van der Waals surface area contributed by atoms with Crippen LogP contribution >= 0.6 is 0 Å². The zero-order valence-corrected chi connectivity index (χ0v) is 17.8. The fourth-order valence-corrected chi connectivity index (χ4v) is 5.80. The minimum atomic E-state index is -3.25. The van der Waals surface area contributed by atoms with E-state index < -0.39 is 10.0 Å². The lowest BCUT2D eigenvalue weighted by atomic mass is 9.96. The van der Waals surface area contributed by atoms with Crippen molar-refractivity contribution in [3.05, 3.63) is 48.5 Å². The molecule has 0 spiro atoms. The molecule has 5 rings (SSSR count). The minimum Gasteiger partial charge on any atom is -0.423 e. The van der Waals surface area contributed by atoms with Gasteiger partial charge in [-0.2, -0.15) is 4.98 Å². The maximum absolute atomic E-state index is 12.8. The standard InChI is InChI=1S/C22H24N4O4S/c27-21(23-17-5-3-6-18(15-17)26-11-4-14-31(26,28)29)16-9-12-25(13-10-16)22-24-19-7-1-2-8-20(19)30-22/h1-3,5-8,15-16H,4,9-14H2,(H,23,27). The molecule has 0 radical (unpaired) electrons. The van der Waals surface area contributed by atoms with Crippen LogP contribution in [0.2, 0.25) is 0 Å². The number of nitrogens with one attached hydrogen (secondary N) is 1. The quantitative estimate of drug-likeness (QED) is 0.669. The molecule has 31 heavy (non-hydrogen) atoms. The van der Waals surface area contributed by atoms with Crippen LogP contribution in [0.3, 0.4) is 0 Å². The monoisotopic (exact) mass is 440 g/mol. The number of carbonyl (C=O) groups is 1. The van der Waals surface area contributed by atoms with Crippen LogP contribution in [0.25, 0.3) is 11.1 Å². The second-order valence-corrected chi connectivity index (χ2v) is 10.0. The lowest BCUT2D eigenvalue weighted by molar-refractivity contribution is -0.120. The summed E-state index contributed by atoms with van der Waals surface area (Å²) < 4.78 is 31.6. The number of oxazole rings is 1. The van der Waals surface area contributed by atoms with Gasteiger partial charge in [-0.25, -0.2) is 8.42 Å². The van der Waals surface area contributed by atoms with Crippen molar-refractivity contribution >= 4 is 44.4 Å². The van der Waals surface area contributed by atoms with Crippen LogP contribution in [0.4, 0.5) is 17.4 Å². The van der Waals surface area contributed by atoms with Gasteiger partial charge in [-0.05, 0) is 49.6 Å². The van der Waals surface area contributed by atoms with E-state index in [1.807, 2.05) is 24.3 Å². The average Bonchev–Trinajstić information content (AvgIpc) is 3.36. The predicted molar refractivity (Wildman–Crippen MR) is 120 cm³/mol. The Morgan fingerprint density at radius 1 is 1.06 bits per heavy atom. The maximum Gasteiger partial charge on any atom is 0.298 e. The molecule has 1 aromatic heterocycles. The highest BCUT2D eigenvalue weighted by Crippen LogP contribution is 2.29. The van der Waals surface area contributed by atoms with Gasteiger partial charge in [-0.15, -0.1) is 0 Å². The van der Waals surface area contributed by atoms with Gasteiger partial charge in [0.1, 0.15) is 5.52 Å². The van der Waals surface area contributed by atoms with Crippen molar-refractivity contribution in [2.45, 2.75) is 19.3 Å². The van der Waals surface area contributed by atoms with Gasteiger partial charge in [0.05, 0.1) is 11.4 Å². The van der Waals surface area contributed by atoms with Crippen LogP contribution in [0.5, 0.6) is 0 Å². The lowest BCUT2D eigenvalue weighted by Crippen LogP contribution is -2.38. The Bertz CT molecular complexity index is 1180. The summed E-state index contributed by atoms with van der Waals surface area (Å²) in [6.07, 6.45) is 2.02. The maximum atomic E-state index is 12.8. The Hall–Kier alpha value is -3.07. The molecule has 0 bridgehead atoms. The molecule has 2 aromatic carbocycles. The smallest absolute Gasteiger partial charge is 0.298 e. The van der Waals surface area contributed by atoms with Gasteiger partial charge < -0.3 is 14.6 Å². The van der Waals surface area contributed by atoms with Crippen LogP contribution in [0.15, 0.2) is 52.9 Å². The Labute approximate surface area is 180 Å². The molecule has 2 fully saturated rings. The van der Waals surface area contributed by atoms with Crippen molar-refractivity contribution in [2.24, 2.45) is 5.92 Å². The fourth-order valence-electron chi connectivity index (χ4n) is 4.24. The van der Waals surface area contributed by atoms with E-state index >= 15 is 0 Å². The molecular weight excluding hydrogens is 416 g/mol. The molecule has 3 aromatic rings. The van der Waals surface area contributed by atoms with Crippen molar-refractivity contribution in [1.82, 2.24) is 4.98 Å². The number of amides is 1. The second kappa shape index (κ2) is 7.88. The van der Waals surface area contributed by atoms with Gasteiger partial charge in [0.25, 0.3) is 6.01 Å². The number of anilines is 3. The Balaban J connectivity index is 1.22. The van der Waals surface area contributed by atoms with Gasteiger partial charge in [-0.1, -0.05) is 18.2 Å². The Morgan fingerprint density at radius 3 is 2.61 bits per heavy atom. The van der Waals surface area contributed by atoms with Crippen molar-refractivity contribution in [2.75, 3.05) is 39.9 Å². The number of rotatable bonds is 4. The molecular formula is C22H24N4O4S. The first-order valence-corrected chi connectivity index (χ1v) is 12.1. The molecule has 0 atom stereocenters. The zero-order chi connectivity index (χ0) is 21.4. The van der Waals surface area contributed by atoms with Crippen LogP contribution in [0, 0.1) is 5.92 Å². The number of sulfonamides is 1. The number of hydrogen-bond acceptors (Lipinski definition) is 6. The van der Waals surface area contributed by atoms with Gasteiger partial charge in [0, 0.05) is 31.2 Å². The SMILES string of the molecule is O=C(Nc1cccc(N2CCCS2(=O)=O)c1)C1CCN(c2nc3ccccc3o2)CC1. The van der Waals surface area contributed by atoms with E-state index in [0.29, 0.717) is 56.3 Å². The summed E-state index contributed by atoms with van der Waals surface area (Å²) in [5, 5.41) is 2.96. The third-order valence-corrected chi connectivity index (χ3v) is 7.79. The van der Waals surface area contributed by atoms with E-state index in [9.17, 15) is 13.2 Å². The first-order valence-electron chi connectivity index (χ1n) is 10.5. The van der Waals surface area contributed by atoms with Crippen LogP contribution in [-0.2, 0) is 14.8 Å². The van der Waals surface area contributed by atoms with Gasteiger partial charge in [-0.3, -0.25) is 9.10 Å². The zero-order valence-electron chi connectivity index (χ0n) is 17.0. The molecule has 2 aliphatic rings. The summed E-state index contributed by atoms with van der Waals surface area (Å²) in [6, 6.07) is 15.3. The van der Waals surface area contributed by atoms with E-state index in [0.717, 1.165) is 11.1 Å². The first-order chi connectivity index (χ1) is 15.0. The lowest BCUT2D eigenvalue weighted by Gasteiger charge is -2.30. The molecule has 3 heterocycles. The molecule has 0 unspecified atom stereocenters. The Kier molecular flexibility index (Phi) is 5.05. The minimum absolute atomic E-state index is 0.0429. The third-order valence-electron chi connectivity index (χ3n) is 5.92. The second-order valence-electron chi connectivity index (χ2n) is 8.01. The van der Waals surface area contributed by atoms with Crippen LogP contribution in [0.1, 0.15) is 19.3 Å². The number of fused-ring (bicyclic) bond motifs is 1. The Morgan fingerprint density at radius 2 is 1.87 bits per heavy atom. The number of nitrogens with zero attached hydrogens (tertiary/aromatic N) is 3. The summed E-state index contributed by atoms with van der Waals surface area (Å²) >= 11 is 0. The number of benzene rings is 2. The highest BCUT2D eigenvalue weighted by molar-refractivity contribution is 7.93. The van der Waals surface area contributed by atoms with Gasteiger partial charge in [0.2, 0.25) is 15.9 Å². The van der Waals surface area contributed by atoms with Crippen LogP contribution < -0.4 is 14.5 Å². The van der Waals surface area contributed by atoms with E-state index in [1.165, 1.54) is 4.31 Å². The summed E-state index contributed by atoms with van der Waals surface area (Å²) in [5.74, 6) is 0.0147. The highest BCUT2D eigenvalue weighted by Gasteiger charge is 2.29. The third kappa shape index (κ3) is 3.97. The average molecular weight is 441 g/mol. The predicted octanol–water partition coefficient (Wildman–Crippen LogP) is 3.22. The number of carbonyl (C=O) groups excluding carboxylic acids is 1. The molecule has 1 N–H and O–H groups in total. The number of hydrogen-bond donors (Lipinski definition) is 1. The number of piperidine rings is 1. The first kappa shape index (κ1) is 19.9. The van der Waals surface area contributed by atoms with Crippen molar-refractivity contribution in [1.29, 1.82) is 0 Å². The van der Waals surface area contributed by atoms with Crippen molar-refractivity contribution < 1.29 is 17.6 Å². The highest BCUT2D eigenvalue weighted by atomic mass is 32.2. The summed E-state index contributed by atoms with van der Waals surface area (Å²) in [4.78, 5) is 19.4. The summed E-state index contributed by atoms with van der Waals surface area (Å²) in [7, 11) is -3.25.